The maximum atomic E-state index is 6.09. The Bertz CT molecular complexity index is 307. The number of hydrogen-bond donors (Lipinski definition) is 1. The van der Waals surface area contributed by atoms with Crippen LogP contribution in [0.15, 0.2) is 18.2 Å². The Morgan fingerprint density at radius 1 is 1.36 bits per heavy atom. The molecule has 0 bridgehead atoms. The summed E-state index contributed by atoms with van der Waals surface area (Å²) in [6.45, 7) is 6.40. The van der Waals surface area contributed by atoms with E-state index in [1.165, 1.54) is 5.56 Å². The van der Waals surface area contributed by atoms with Gasteiger partial charge >= 0.3 is 0 Å². The van der Waals surface area contributed by atoms with Crippen LogP contribution in [0.1, 0.15) is 37.4 Å². The van der Waals surface area contributed by atoms with Crippen molar-refractivity contribution in [2.45, 2.75) is 33.2 Å². The summed E-state index contributed by atoms with van der Waals surface area (Å²) in [5.41, 5.74) is 8.36. The lowest BCUT2D eigenvalue weighted by molar-refractivity contribution is 0.510. The fraction of sp³-hybridized carbons (Fsp3) is 0.500. The number of hydrogen-bond acceptors (Lipinski definition) is 1. The van der Waals surface area contributed by atoms with E-state index in [2.05, 4.69) is 26.8 Å². The molecule has 1 nitrogen and oxygen atoms in total. The van der Waals surface area contributed by atoms with Crippen molar-refractivity contribution in [3.8, 4) is 0 Å². The van der Waals surface area contributed by atoms with Crippen molar-refractivity contribution in [3.63, 3.8) is 0 Å². The number of benzene rings is 1. The average molecular weight is 212 g/mol. The molecular weight excluding hydrogens is 194 g/mol. The van der Waals surface area contributed by atoms with Gasteiger partial charge in [0, 0.05) is 11.1 Å². The monoisotopic (exact) mass is 211 g/mol. The van der Waals surface area contributed by atoms with E-state index >= 15 is 0 Å². The molecule has 0 amide bonds. The van der Waals surface area contributed by atoms with Gasteiger partial charge in [0.1, 0.15) is 0 Å². The molecule has 1 aromatic rings. The third-order valence-electron chi connectivity index (χ3n) is 2.28. The first kappa shape index (κ1) is 11.5. The molecule has 0 fully saturated rings. The van der Waals surface area contributed by atoms with Gasteiger partial charge < -0.3 is 5.73 Å². The van der Waals surface area contributed by atoms with Crippen LogP contribution in [0.25, 0.3) is 0 Å². The highest BCUT2D eigenvalue weighted by atomic mass is 35.5. The number of aryl methyl sites for hydroxylation is 1. The SMILES string of the molecule is Cc1ccc(Cl)c(C(N)CC(C)C)c1. The van der Waals surface area contributed by atoms with Crippen LogP contribution in [0, 0.1) is 12.8 Å². The molecular formula is C12H18ClN. The summed E-state index contributed by atoms with van der Waals surface area (Å²) in [6, 6.07) is 6.07. The number of rotatable bonds is 3. The van der Waals surface area contributed by atoms with Crippen LogP contribution in [0.4, 0.5) is 0 Å². The predicted octanol–water partition coefficient (Wildman–Crippen LogP) is 3.69. The summed E-state index contributed by atoms with van der Waals surface area (Å²) in [6.07, 6.45) is 0.975. The topological polar surface area (TPSA) is 26.0 Å². The van der Waals surface area contributed by atoms with E-state index in [1.54, 1.807) is 0 Å². The average Bonchev–Trinajstić information content (AvgIpc) is 2.08. The Morgan fingerprint density at radius 3 is 2.57 bits per heavy atom. The fourth-order valence-electron chi connectivity index (χ4n) is 1.58. The van der Waals surface area contributed by atoms with Crippen molar-refractivity contribution in [2.24, 2.45) is 11.7 Å². The van der Waals surface area contributed by atoms with Crippen LogP contribution >= 0.6 is 11.6 Å². The Hall–Kier alpha value is -0.530. The molecule has 0 spiro atoms. The van der Waals surface area contributed by atoms with Gasteiger partial charge in [-0.15, -0.1) is 0 Å². The minimum atomic E-state index is 0.0578. The predicted molar refractivity (Wildman–Crippen MR) is 62.6 cm³/mol. The largest absolute Gasteiger partial charge is 0.324 e. The first-order chi connectivity index (χ1) is 6.50. The molecule has 0 saturated carbocycles. The molecule has 0 radical (unpaired) electrons. The highest BCUT2D eigenvalue weighted by Crippen LogP contribution is 2.26. The molecule has 1 unspecified atom stereocenters. The molecule has 0 aliphatic heterocycles. The molecule has 1 rings (SSSR count). The second-order valence-corrected chi connectivity index (χ2v) is 4.67. The van der Waals surface area contributed by atoms with Crippen molar-refractivity contribution in [1.82, 2.24) is 0 Å². The molecule has 2 N–H and O–H groups in total. The Kier molecular flexibility index (Phi) is 3.97. The molecule has 2 heteroatoms. The van der Waals surface area contributed by atoms with Gasteiger partial charge in [-0.1, -0.05) is 43.1 Å². The van der Waals surface area contributed by atoms with Gasteiger partial charge in [-0.2, -0.15) is 0 Å². The summed E-state index contributed by atoms with van der Waals surface area (Å²) in [4.78, 5) is 0. The minimum absolute atomic E-state index is 0.0578. The molecule has 0 saturated heterocycles. The molecule has 14 heavy (non-hydrogen) atoms. The summed E-state index contributed by atoms with van der Waals surface area (Å²) < 4.78 is 0. The van der Waals surface area contributed by atoms with Gasteiger partial charge in [0.2, 0.25) is 0 Å². The quantitative estimate of drug-likeness (QED) is 0.811. The van der Waals surface area contributed by atoms with Gasteiger partial charge in [0.15, 0.2) is 0 Å². The molecule has 0 heterocycles. The second kappa shape index (κ2) is 4.81. The molecule has 0 aliphatic carbocycles. The van der Waals surface area contributed by atoms with E-state index in [1.807, 2.05) is 12.1 Å². The summed E-state index contributed by atoms with van der Waals surface area (Å²) in [5, 5.41) is 0.781. The second-order valence-electron chi connectivity index (χ2n) is 4.26. The van der Waals surface area contributed by atoms with Crippen molar-refractivity contribution in [1.29, 1.82) is 0 Å². The van der Waals surface area contributed by atoms with Gasteiger partial charge in [-0.05, 0) is 30.9 Å². The molecule has 78 valence electrons. The van der Waals surface area contributed by atoms with E-state index < -0.39 is 0 Å². The lowest BCUT2D eigenvalue weighted by atomic mass is 9.97. The smallest absolute Gasteiger partial charge is 0.0453 e. The zero-order chi connectivity index (χ0) is 10.7. The maximum Gasteiger partial charge on any atom is 0.0453 e. The molecule has 1 aromatic carbocycles. The minimum Gasteiger partial charge on any atom is -0.324 e. The fourth-order valence-corrected chi connectivity index (χ4v) is 1.84. The van der Waals surface area contributed by atoms with Crippen LogP contribution in [0.5, 0.6) is 0 Å². The third kappa shape index (κ3) is 3.00. The van der Waals surface area contributed by atoms with Crippen molar-refractivity contribution >= 4 is 11.6 Å². The van der Waals surface area contributed by atoms with E-state index in [-0.39, 0.29) is 6.04 Å². The van der Waals surface area contributed by atoms with Gasteiger partial charge in [-0.25, -0.2) is 0 Å². The van der Waals surface area contributed by atoms with Crippen LogP contribution in [-0.4, -0.2) is 0 Å². The summed E-state index contributed by atoms with van der Waals surface area (Å²) in [5.74, 6) is 0.599. The Morgan fingerprint density at radius 2 is 2.00 bits per heavy atom. The van der Waals surface area contributed by atoms with Gasteiger partial charge in [-0.3, -0.25) is 0 Å². The standard InChI is InChI=1S/C12H18ClN/c1-8(2)6-12(14)10-7-9(3)4-5-11(10)13/h4-5,7-8,12H,6,14H2,1-3H3. The van der Waals surface area contributed by atoms with E-state index in [4.69, 9.17) is 17.3 Å². The van der Waals surface area contributed by atoms with Crippen LogP contribution < -0.4 is 5.73 Å². The summed E-state index contributed by atoms with van der Waals surface area (Å²) >= 11 is 6.09. The normalized spacial score (nSPS) is 13.3. The number of nitrogens with two attached hydrogens (primary N) is 1. The van der Waals surface area contributed by atoms with E-state index in [0.29, 0.717) is 5.92 Å². The Labute approximate surface area is 91.3 Å². The maximum absolute atomic E-state index is 6.09. The summed E-state index contributed by atoms with van der Waals surface area (Å²) in [7, 11) is 0. The third-order valence-corrected chi connectivity index (χ3v) is 2.62. The molecule has 0 aromatic heterocycles. The van der Waals surface area contributed by atoms with Crippen LogP contribution in [0.3, 0.4) is 0 Å². The van der Waals surface area contributed by atoms with E-state index in [9.17, 15) is 0 Å². The van der Waals surface area contributed by atoms with Gasteiger partial charge in [0.05, 0.1) is 0 Å². The lowest BCUT2D eigenvalue weighted by Crippen LogP contribution is -2.13. The van der Waals surface area contributed by atoms with Crippen molar-refractivity contribution < 1.29 is 0 Å². The molecule has 0 aliphatic rings. The zero-order valence-electron chi connectivity index (χ0n) is 9.05. The van der Waals surface area contributed by atoms with E-state index in [0.717, 1.165) is 17.0 Å². The lowest BCUT2D eigenvalue weighted by Gasteiger charge is -2.16. The molecule has 1 atom stereocenters. The van der Waals surface area contributed by atoms with Crippen LogP contribution in [0.2, 0.25) is 5.02 Å². The van der Waals surface area contributed by atoms with Crippen molar-refractivity contribution in [2.75, 3.05) is 0 Å². The highest BCUT2D eigenvalue weighted by Gasteiger charge is 2.11. The highest BCUT2D eigenvalue weighted by molar-refractivity contribution is 6.31. The Balaban J connectivity index is 2.88. The number of halogens is 1. The first-order valence-electron chi connectivity index (χ1n) is 5.02. The van der Waals surface area contributed by atoms with Crippen LogP contribution in [-0.2, 0) is 0 Å². The first-order valence-corrected chi connectivity index (χ1v) is 5.40. The van der Waals surface area contributed by atoms with Gasteiger partial charge in [0.25, 0.3) is 0 Å². The zero-order valence-corrected chi connectivity index (χ0v) is 9.81. The van der Waals surface area contributed by atoms with Crippen molar-refractivity contribution in [3.05, 3.63) is 34.3 Å².